The molecule has 1 heterocycles. The molecule has 0 radical (unpaired) electrons. The van der Waals surface area contributed by atoms with Gasteiger partial charge in [-0.15, -0.1) is 0 Å². The molecule has 0 fully saturated rings. The molecule has 0 aromatic carbocycles. The average molecular weight is 202 g/mol. The van der Waals surface area contributed by atoms with Gasteiger partial charge in [0.15, 0.2) is 18.1 Å². The summed E-state index contributed by atoms with van der Waals surface area (Å²) in [5.74, 6) is -0.887. The number of methoxy groups -OCH3 is 1. The lowest BCUT2D eigenvalue weighted by molar-refractivity contribution is -0.142. The van der Waals surface area contributed by atoms with Crippen LogP contribution in [0.2, 0.25) is 0 Å². The van der Waals surface area contributed by atoms with Crippen LogP contribution in [0.5, 0.6) is 0 Å². The molecule has 1 aromatic heterocycles. The molecule has 0 atom stereocenters. The first-order valence-corrected chi connectivity index (χ1v) is 3.87. The zero-order chi connectivity index (χ0) is 10.6. The first-order chi connectivity index (χ1) is 6.63. The molecule has 0 bridgehead atoms. The van der Waals surface area contributed by atoms with Crippen molar-refractivity contribution in [3.8, 4) is 0 Å². The Morgan fingerprint density at radius 2 is 1.86 bits per heavy atom. The maximum absolute atomic E-state index is 10.7. The Bertz CT molecular complexity index is 360. The van der Waals surface area contributed by atoms with Gasteiger partial charge in [0.1, 0.15) is 6.61 Å². The molecule has 14 heavy (non-hydrogen) atoms. The van der Waals surface area contributed by atoms with Crippen molar-refractivity contribution >= 4 is 5.97 Å². The van der Waals surface area contributed by atoms with Crippen molar-refractivity contribution in [3.05, 3.63) is 22.1 Å². The van der Waals surface area contributed by atoms with Gasteiger partial charge in [0, 0.05) is 14.0 Å². The summed E-state index contributed by atoms with van der Waals surface area (Å²) < 4.78 is 18.7. The highest BCUT2D eigenvalue weighted by Gasteiger charge is 2.13. The van der Waals surface area contributed by atoms with Crippen molar-refractivity contribution in [1.29, 1.82) is 0 Å². The molecular weight excluding hydrogens is 192 g/mol. The summed E-state index contributed by atoms with van der Waals surface area (Å²) in [4.78, 5) is 21.2. The number of rotatable bonds is 4. The van der Waals surface area contributed by atoms with E-state index in [1.54, 1.807) is 0 Å². The molecule has 6 nitrogen and oxygen atoms in total. The van der Waals surface area contributed by atoms with E-state index < -0.39 is 11.8 Å². The van der Waals surface area contributed by atoms with Crippen molar-refractivity contribution in [2.75, 3.05) is 7.11 Å². The Morgan fingerprint density at radius 1 is 1.29 bits per heavy atom. The number of carbonyl (C=O) groups excluding carboxylic acids is 1. The van der Waals surface area contributed by atoms with E-state index in [4.69, 9.17) is 4.74 Å². The SMILES string of the molecule is COCc1oc(=O)oc1COC(C)=O. The number of esters is 1. The van der Waals surface area contributed by atoms with Crippen LogP contribution in [0.3, 0.4) is 0 Å². The lowest BCUT2D eigenvalue weighted by Gasteiger charge is -1.98. The highest BCUT2D eigenvalue weighted by molar-refractivity contribution is 5.65. The third-order valence-electron chi connectivity index (χ3n) is 1.41. The summed E-state index contributed by atoms with van der Waals surface area (Å²) in [6.07, 6.45) is 0. The van der Waals surface area contributed by atoms with Gasteiger partial charge in [-0.2, -0.15) is 0 Å². The minimum atomic E-state index is -0.834. The van der Waals surface area contributed by atoms with E-state index in [0.717, 1.165) is 0 Å². The monoisotopic (exact) mass is 202 g/mol. The van der Waals surface area contributed by atoms with Gasteiger partial charge in [0.25, 0.3) is 0 Å². The third kappa shape index (κ3) is 2.74. The molecule has 0 N–H and O–H groups in total. The van der Waals surface area contributed by atoms with Gasteiger partial charge in [0.05, 0.1) is 0 Å². The van der Waals surface area contributed by atoms with Crippen LogP contribution in [0.25, 0.3) is 0 Å². The van der Waals surface area contributed by atoms with E-state index in [0.29, 0.717) is 0 Å². The van der Waals surface area contributed by atoms with E-state index in [2.05, 4.69) is 13.6 Å². The van der Waals surface area contributed by atoms with Gasteiger partial charge < -0.3 is 18.3 Å². The zero-order valence-electron chi connectivity index (χ0n) is 7.86. The van der Waals surface area contributed by atoms with Gasteiger partial charge in [-0.05, 0) is 0 Å². The van der Waals surface area contributed by atoms with Crippen LogP contribution in [0.15, 0.2) is 13.6 Å². The lowest BCUT2D eigenvalue weighted by atomic mass is 10.4. The van der Waals surface area contributed by atoms with Crippen LogP contribution >= 0.6 is 0 Å². The molecule has 78 valence electrons. The summed E-state index contributed by atoms with van der Waals surface area (Å²) in [6.45, 7) is 1.23. The smallest absolute Gasteiger partial charge is 0.458 e. The third-order valence-corrected chi connectivity index (χ3v) is 1.41. The van der Waals surface area contributed by atoms with Crippen LogP contribution in [0.4, 0.5) is 0 Å². The molecule has 0 unspecified atom stereocenters. The van der Waals surface area contributed by atoms with Gasteiger partial charge in [-0.3, -0.25) is 4.79 Å². The summed E-state index contributed by atoms with van der Waals surface area (Å²) in [5.41, 5.74) is 0. The highest BCUT2D eigenvalue weighted by Crippen LogP contribution is 2.09. The fourth-order valence-electron chi connectivity index (χ4n) is 0.854. The molecule has 1 aromatic rings. The maximum atomic E-state index is 10.7. The van der Waals surface area contributed by atoms with Crippen LogP contribution in [-0.4, -0.2) is 13.1 Å². The minimum absolute atomic E-state index is 0.0995. The Morgan fingerprint density at radius 3 is 2.36 bits per heavy atom. The van der Waals surface area contributed by atoms with Crippen LogP contribution < -0.4 is 5.82 Å². The predicted octanol–water partition coefficient (Wildman–Crippen LogP) is 0.442. The molecule has 0 aliphatic heterocycles. The summed E-state index contributed by atoms with van der Waals surface area (Å²) in [6, 6.07) is 0. The van der Waals surface area contributed by atoms with Gasteiger partial charge >= 0.3 is 11.8 Å². The summed E-state index contributed by atoms with van der Waals surface area (Å²) >= 11 is 0. The normalized spacial score (nSPS) is 10.1. The van der Waals surface area contributed by atoms with E-state index in [-0.39, 0.29) is 24.7 Å². The average Bonchev–Trinajstić information content (AvgIpc) is 2.44. The molecule has 0 spiro atoms. The van der Waals surface area contributed by atoms with Gasteiger partial charge in [-0.25, -0.2) is 4.79 Å². The second-order valence-electron chi connectivity index (χ2n) is 2.51. The molecule has 0 saturated carbocycles. The summed E-state index contributed by atoms with van der Waals surface area (Å²) in [7, 11) is 1.45. The highest BCUT2D eigenvalue weighted by atomic mass is 16.6. The quantitative estimate of drug-likeness (QED) is 0.659. The molecule has 6 heteroatoms. The molecule has 1 rings (SSSR count). The molecule has 0 saturated heterocycles. The van der Waals surface area contributed by atoms with Crippen molar-refractivity contribution in [1.82, 2.24) is 0 Å². The first kappa shape index (κ1) is 10.5. The number of hydrogen-bond acceptors (Lipinski definition) is 6. The second kappa shape index (κ2) is 4.61. The molecule has 0 aliphatic carbocycles. The van der Waals surface area contributed by atoms with Crippen LogP contribution in [-0.2, 0) is 27.5 Å². The van der Waals surface area contributed by atoms with Gasteiger partial charge in [-0.1, -0.05) is 0 Å². The van der Waals surface area contributed by atoms with Gasteiger partial charge in [0.2, 0.25) is 0 Å². The van der Waals surface area contributed by atoms with Crippen molar-refractivity contribution < 1.29 is 23.1 Å². The van der Waals surface area contributed by atoms with Crippen LogP contribution in [0.1, 0.15) is 18.4 Å². The Labute approximate surface area is 79.4 Å². The number of ether oxygens (including phenoxy) is 2. The lowest BCUT2D eigenvalue weighted by Crippen LogP contribution is -2.00. The Kier molecular flexibility index (Phi) is 3.47. The van der Waals surface area contributed by atoms with E-state index >= 15 is 0 Å². The first-order valence-electron chi connectivity index (χ1n) is 3.87. The Balaban J connectivity index is 2.73. The minimum Gasteiger partial charge on any atom is -0.458 e. The van der Waals surface area contributed by atoms with E-state index in [9.17, 15) is 9.59 Å². The van der Waals surface area contributed by atoms with E-state index in [1.807, 2.05) is 0 Å². The molecule has 0 amide bonds. The second-order valence-corrected chi connectivity index (χ2v) is 2.51. The van der Waals surface area contributed by atoms with Crippen molar-refractivity contribution in [2.24, 2.45) is 0 Å². The molecule has 0 aliphatic rings. The largest absolute Gasteiger partial charge is 0.519 e. The summed E-state index contributed by atoms with van der Waals surface area (Å²) in [5, 5.41) is 0. The topological polar surface area (TPSA) is 78.9 Å². The number of carbonyl (C=O) groups is 1. The van der Waals surface area contributed by atoms with E-state index in [1.165, 1.54) is 14.0 Å². The predicted molar refractivity (Wildman–Crippen MR) is 43.4 cm³/mol. The van der Waals surface area contributed by atoms with Crippen LogP contribution in [0, 0.1) is 0 Å². The molecular formula is C8H10O6. The standard InChI is InChI=1S/C8H10O6/c1-5(9)12-4-7-6(3-11-2)13-8(10)14-7/h3-4H2,1-2H3. The Hall–Kier alpha value is -1.56. The van der Waals surface area contributed by atoms with Crippen molar-refractivity contribution in [2.45, 2.75) is 20.1 Å². The fraction of sp³-hybridized carbons (Fsp3) is 0.500. The maximum Gasteiger partial charge on any atom is 0.519 e. The fourth-order valence-corrected chi connectivity index (χ4v) is 0.854. The number of hydrogen-bond donors (Lipinski definition) is 0. The zero-order valence-corrected chi connectivity index (χ0v) is 7.86. The van der Waals surface area contributed by atoms with Crippen molar-refractivity contribution in [3.63, 3.8) is 0 Å².